The number of thiol groups is 1. The fourth-order valence-electron chi connectivity index (χ4n) is 1.08. The van der Waals surface area contributed by atoms with Crippen LogP contribution in [0.2, 0.25) is 5.02 Å². The van der Waals surface area contributed by atoms with Gasteiger partial charge in [0, 0.05) is 11.6 Å². The smallest absolute Gasteiger partial charge is 0.258 e. The molecule has 5 heteroatoms. The van der Waals surface area contributed by atoms with E-state index in [0.717, 1.165) is 0 Å². The number of nitro groups is 1. The van der Waals surface area contributed by atoms with Crippen LogP contribution in [0.3, 0.4) is 0 Å². The molecule has 0 unspecified atom stereocenters. The molecular formula is C8H8ClNO2S. The summed E-state index contributed by atoms with van der Waals surface area (Å²) in [5.41, 5.74) is 0.630. The van der Waals surface area contributed by atoms with Crippen molar-refractivity contribution < 1.29 is 4.92 Å². The number of benzene rings is 1. The average Bonchev–Trinajstić information content (AvgIpc) is 2.08. The number of nitrogens with zero attached hydrogens (tertiary/aromatic N) is 1. The lowest BCUT2D eigenvalue weighted by Gasteiger charge is -2.02. The van der Waals surface area contributed by atoms with E-state index in [-0.39, 0.29) is 5.69 Å². The first-order valence-electron chi connectivity index (χ1n) is 3.69. The summed E-state index contributed by atoms with van der Waals surface area (Å²) in [6.07, 6.45) is 0.513. The summed E-state index contributed by atoms with van der Waals surface area (Å²) in [5.74, 6) is 0.546. The maximum Gasteiger partial charge on any atom is 0.274 e. The zero-order valence-electron chi connectivity index (χ0n) is 6.74. The van der Waals surface area contributed by atoms with Crippen molar-refractivity contribution in [2.45, 2.75) is 6.42 Å². The molecule has 0 saturated heterocycles. The van der Waals surface area contributed by atoms with Gasteiger partial charge in [-0.05, 0) is 18.2 Å². The van der Waals surface area contributed by atoms with Gasteiger partial charge in [0.15, 0.2) is 0 Å². The lowest BCUT2D eigenvalue weighted by atomic mass is 10.1. The molecule has 0 atom stereocenters. The summed E-state index contributed by atoms with van der Waals surface area (Å²) in [4.78, 5) is 10.1. The Hall–Kier alpha value is -0.740. The molecule has 3 nitrogen and oxygen atoms in total. The van der Waals surface area contributed by atoms with E-state index in [1.165, 1.54) is 6.07 Å². The molecule has 70 valence electrons. The lowest BCUT2D eigenvalue weighted by molar-refractivity contribution is -0.385. The third kappa shape index (κ3) is 2.35. The molecule has 1 aromatic rings. The highest BCUT2D eigenvalue weighted by Crippen LogP contribution is 2.26. The second-order valence-electron chi connectivity index (χ2n) is 2.47. The number of hydrogen-bond acceptors (Lipinski definition) is 3. The Morgan fingerprint density at radius 2 is 2.23 bits per heavy atom. The molecule has 0 bridgehead atoms. The minimum absolute atomic E-state index is 0.0709. The van der Waals surface area contributed by atoms with E-state index in [2.05, 4.69) is 12.6 Å². The van der Waals surface area contributed by atoms with Crippen LogP contribution in [-0.4, -0.2) is 10.7 Å². The fraction of sp³-hybridized carbons (Fsp3) is 0.250. The molecule has 0 aliphatic carbocycles. The Morgan fingerprint density at radius 1 is 1.54 bits per heavy atom. The van der Waals surface area contributed by atoms with Crippen LogP contribution in [-0.2, 0) is 6.42 Å². The monoisotopic (exact) mass is 217 g/mol. The van der Waals surface area contributed by atoms with Gasteiger partial charge in [-0.15, -0.1) is 0 Å². The summed E-state index contributed by atoms with van der Waals surface area (Å²) in [7, 11) is 0. The molecule has 0 heterocycles. The summed E-state index contributed by atoms with van der Waals surface area (Å²) < 4.78 is 0. The predicted octanol–water partition coefficient (Wildman–Crippen LogP) is 2.72. The summed E-state index contributed by atoms with van der Waals surface area (Å²) >= 11 is 9.83. The van der Waals surface area contributed by atoms with Gasteiger partial charge in [0.1, 0.15) is 0 Å². The molecular weight excluding hydrogens is 210 g/mol. The van der Waals surface area contributed by atoms with E-state index in [4.69, 9.17) is 11.6 Å². The number of nitro benzene ring substituents is 1. The Morgan fingerprint density at radius 3 is 2.77 bits per heavy atom. The second-order valence-corrected chi connectivity index (χ2v) is 3.32. The molecule has 1 rings (SSSR count). The van der Waals surface area contributed by atoms with Gasteiger partial charge in [-0.2, -0.15) is 12.6 Å². The van der Waals surface area contributed by atoms with Gasteiger partial charge in [-0.25, -0.2) is 0 Å². The van der Waals surface area contributed by atoms with Crippen LogP contribution in [0.5, 0.6) is 0 Å². The first-order valence-corrected chi connectivity index (χ1v) is 4.70. The highest BCUT2D eigenvalue weighted by atomic mass is 35.5. The second kappa shape index (κ2) is 4.48. The molecule has 0 aliphatic rings. The van der Waals surface area contributed by atoms with Gasteiger partial charge in [0.05, 0.1) is 9.95 Å². The minimum atomic E-state index is -0.426. The predicted molar refractivity (Wildman–Crippen MR) is 55.7 cm³/mol. The first-order chi connectivity index (χ1) is 6.16. The molecule has 1 aromatic carbocycles. The van der Waals surface area contributed by atoms with Crippen molar-refractivity contribution in [2.24, 2.45) is 0 Å². The van der Waals surface area contributed by atoms with E-state index in [9.17, 15) is 10.1 Å². The Bertz CT molecular complexity index is 330. The number of halogens is 1. The van der Waals surface area contributed by atoms with Gasteiger partial charge in [-0.3, -0.25) is 10.1 Å². The molecule has 0 aromatic heterocycles. The molecule has 0 fully saturated rings. The first kappa shape index (κ1) is 10.3. The van der Waals surface area contributed by atoms with E-state index in [1.54, 1.807) is 12.1 Å². The largest absolute Gasteiger partial charge is 0.274 e. The quantitative estimate of drug-likeness (QED) is 0.481. The Balaban J connectivity index is 3.17. The molecule has 0 radical (unpaired) electrons. The third-order valence-electron chi connectivity index (χ3n) is 1.65. The van der Waals surface area contributed by atoms with Crippen LogP contribution in [0.1, 0.15) is 5.56 Å². The molecule has 0 amide bonds. The number of rotatable bonds is 3. The summed E-state index contributed by atoms with van der Waals surface area (Å²) in [5, 5.41) is 11.0. The van der Waals surface area contributed by atoms with Crippen molar-refractivity contribution in [3.05, 3.63) is 38.9 Å². The maximum absolute atomic E-state index is 10.6. The molecule has 0 aliphatic heterocycles. The van der Waals surface area contributed by atoms with Crippen molar-refractivity contribution in [3.63, 3.8) is 0 Å². The van der Waals surface area contributed by atoms with Gasteiger partial charge in [0.2, 0.25) is 0 Å². The molecule has 0 N–H and O–H groups in total. The van der Waals surface area contributed by atoms with Crippen molar-refractivity contribution in [2.75, 3.05) is 5.75 Å². The highest BCUT2D eigenvalue weighted by Gasteiger charge is 2.14. The Kier molecular flexibility index (Phi) is 3.57. The summed E-state index contributed by atoms with van der Waals surface area (Å²) in [6, 6.07) is 4.67. The van der Waals surface area contributed by atoms with Gasteiger partial charge in [-0.1, -0.05) is 17.7 Å². The van der Waals surface area contributed by atoms with Crippen LogP contribution < -0.4 is 0 Å². The van der Waals surface area contributed by atoms with Crippen LogP contribution in [0, 0.1) is 10.1 Å². The van der Waals surface area contributed by atoms with Crippen LogP contribution in [0.25, 0.3) is 0 Å². The van der Waals surface area contributed by atoms with Crippen LogP contribution in [0.4, 0.5) is 5.69 Å². The normalized spacial score (nSPS) is 10.0. The third-order valence-corrected chi connectivity index (χ3v) is 2.23. The van der Waals surface area contributed by atoms with Crippen LogP contribution in [0.15, 0.2) is 18.2 Å². The molecule has 13 heavy (non-hydrogen) atoms. The van der Waals surface area contributed by atoms with Gasteiger partial charge in [0.25, 0.3) is 5.69 Å². The van der Waals surface area contributed by atoms with E-state index in [1.807, 2.05) is 0 Å². The van der Waals surface area contributed by atoms with Crippen molar-refractivity contribution in [3.8, 4) is 0 Å². The zero-order chi connectivity index (χ0) is 9.84. The van der Waals surface area contributed by atoms with Crippen molar-refractivity contribution >= 4 is 29.9 Å². The number of hydrogen-bond donors (Lipinski definition) is 1. The fourth-order valence-corrected chi connectivity index (χ4v) is 1.57. The van der Waals surface area contributed by atoms with Crippen molar-refractivity contribution in [1.82, 2.24) is 0 Å². The average molecular weight is 218 g/mol. The van der Waals surface area contributed by atoms with Gasteiger partial charge >= 0.3 is 0 Å². The summed E-state index contributed by atoms with van der Waals surface area (Å²) in [6.45, 7) is 0. The van der Waals surface area contributed by atoms with Gasteiger partial charge < -0.3 is 0 Å². The standard InChI is InChI=1S/C8H8ClNO2S/c9-7-2-1-3-8(10(11)12)6(7)4-5-13/h1-3,13H,4-5H2. The maximum atomic E-state index is 10.6. The Labute approximate surface area is 86.3 Å². The highest BCUT2D eigenvalue weighted by molar-refractivity contribution is 7.80. The van der Waals surface area contributed by atoms with Crippen LogP contribution >= 0.6 is 24.2 Å². The zero-order valence-corrected chi connectivity index (χ0v) is 8.39. The molecule has 0 saturated carbocycles. The lowest BCUT2D eigenvalue weighted by Crippen LogP contribution is -1.97. The SMILES string of the molecule is O=[N+]([O-])c1cccc(Cl)c1CCS. The topological polar surface area (TPSA) is 43.1 Å². The minimum Gasteiger partial charge on any atom is -0.258 e. The van der Waals surface area contributed by atoms with Crippen molar-refractivity contribution in [1.29, 1.82) is 0 Å². The van der Waals surface area contributed by atoms with E-state index in [0.29, 0.717) is 22.8 Å². The van der Waals surface area contributed by atoms with E-state index < -0.39 is 4.92 Å². The van der Waals surface area contributed by atoms with E-state index >= 15 is 0 Å². The molecule has 0 spiro atoms.